The first-order chi connectivity index (χ1) is 8.19. The summed E-state index contributed by atoms with van der Waals surface area (Å²) in [5.41, 5.74) is 0. The normalized spacial score (nSPS) is 24.2. The Morgan fingerprint density at radius 3 is 2.94 bits per heavy atom. The van der Waals surface area contributed by atoms with Gasteiger partial charge in [0.1, 0.15) is 0 Å². The molecule has 17 heavy (non-hydrogen) atoms. The zero-order valence-corrected chi connectivity index (χ0v) is 10.5. The largest absolute Gasteiger partial charge is 0.449 e. The Bertz CT molecular complexity index is 288. The summed E-state index contributed by atoms with van der Waals surface area (Å²) in [6, 6.07) is 2.25. The Kier molecular flexibility index (Phi) is 5.78. The van der Waals surface area contributed by atoms with Gasteiger partial charge in [-0.25, -0.2) is 4.79 Å². The van der Waals surface area contributed by atoms with E-state index in [1.54, 1.807) is 12.0 Å². The maximum absolute atomic E-state index is 11.7. The van der Waals surface area contributed by atoms with Crippen molar-refractivity contribution in [3.63, 3.8) is 0 Å². The monoisotopic (exact) mass is 240 g/mol. The molecule has 1 amide bonds. The van der Waals surface area contributed by atoms with Crippen LogP contribution in [0, 0.1) is 23.2 Å². The lowest BCUT2D eigenvalue weighted by Gasteiger charge is -2.32. The van der Waals surface area contributed by atoms with Crippen molar-refractivity contribution < 1.29 is 14.3 Å². The molecule has 0 aromatic rings. The molecule has 0 bridgehead atoms. The fourth-order valence-corrected chi connectivity index (χ4v) is 1.86. The van der Waals surface area contributed by atoms with E-state index < -0.39 is 0 Å². The third-order valence-corrected chi connectivity index (χ3v) is 3.10. The number of piperidine rings is 1. The van der Waals surface area contributed by atoms with Crippen LogP contribution in [0.1, 0.15) is 19.8 Å². The van der Waals surface area contributed by atoms with Crippen molar-refractivity contribution in [3.05, 3.63) is 0 Å². The number of methoxy groups -OCH3 is 1. The van der Waals surface area contributed by atoms with Gasteiger partial charge in [0.05, 0.1) is 18.6 Å². The highest BCUT2D eigenvalue weighted by atomic mass is 16.6. The fourth-order valence-electron chi connectivity index (χ4n) is 1.86. The number of carbonyl (C=O) groups excluding carboxylic acids is 1. The number of nitriles is 1. The third kappa shape index (κ3) is 4.23. The number of amides is 1. The second-order valence-corrected chi connectivity index (χ2v) is 4.41. The third-order valence-electron chi connectivity index (χ3n) is 3.10. The van der Waals surface area contributed by atoms with Gasteiger partial charge in [-0.05, 0) is 12.3 Å². The molecule has 5 nitrogen and oxygen atoms in total. The summed E-state index contributed by atoms with van der Waals surface area (Å²) in [5, 5.41) is 8.96. The zero-order chi connectivity index (χ0) is 12.7. The molecule has 0 spiro atoms. The maximum atomic E-state index is 11.7. The molecule has 0 radical (unpaired) electrons. The number of hydrogen-bond acceptors (Lipinski definition) is 4. The Hall–Kier alpha value is -1.28. The summed E-state index contributed by atoms with van der Waals surface area (Å²) >= 11 is 0. The second kappa shape index (κ2) is 7.13. The Labute approximate surface area is 102 Å². The summed E-state index contributed by atoms with van der Waals surface area (Å²) in [5.74, 6) is 0.285. The van der Waals surface area contributed by atoms with Crippen LogP contribution in [-0.4, -0.2) is 44.4 Å². The molecule has 0 aromatic carbocycles. The predicted molar refractivity (Wildman–Crippen MR) is 62.3 cm³/mol. The van der Waals surface area contributed by atoms with Crippen LogP contribution in [-0.2, 0) is 9.47 Å². The molecule has 1 saturated heterocycles. The van der Waals surface area contributed by atoms with Crippen molar-refractivity contribution in [1.82, 2.24) is 4.90 Å². The number of hydrogen-bond donors (Lipinski definition) is 0. The van der Waals surface area contributed by atoms with Crippen molar-refractivity contribution >= 4 is 6.09 Å². The lowest BCUT2D eigenvalue weighted by molar-refractivity contribution is 0.0727. The highest BCUT2D eigenvalue weighted by Gasteiger charge is 2.29. The smallest absolute Gasteiger partial charge is 0.409 e. The summed E-state index contributed by atoms with van der Waals surface area (Å²) in [6.07, 6.45) is 1.26. The van der Waals surface area contributed by atoms with E-state index in [1.165, 1.54) is 0 Å². The van der Waals surface area contributed by atoms with Crippen LogP contribution < -0.4 is 0 Å². The van der Waals surface area contributed by atoms with Crippen molar-refractivity contribution in [1.29, 1.82) is 5.26 Å². The van der Waals surface area contributed by atoms with Gasteiger partial charge < -0.3 is 14.4 Å². The molecule has 1 aliphatic rings. The van der Waals surface area contributed by atoms with Gasteiger partial charge >= 0.3 is 6.09 Å². The first-order valence-electron chi connectivity index (χ1n) is 5.99. The number of likely N-dealkylation sites (tertiary alicyclic amines) is 1. The van der Waals surface area contributed by atoms with Crippen LogP contribution in [0.15, 0.2) is 0 Å². The van der Waals surface area contributed by atoms with Gasteiger partial charge in [-0.1, -0.05) is 6.92 Å². The molecule has 1 aliphatic heterocycles. The highest BCUT2D eigenvalue weighted by Crippen LogP contribution is 2.22. The molecule has 1 rings (SSSR count). The van der Waals surface area contributed by atoms with Gasteiger partial charge in [0, 0.05) is 33.2 Å². The lowest BCUT2D eigenvalue weighted by atomic mass is 9.88. The summed E-state index contributed by atoms with van der Waals surface area (Å²) in [6.45, 7) is 4.18. The molecule has 96 valence electrons. The van der Waals surface area contributed by atoms with Crippen molar-refractivity contribution in [2.24, 2.45) is 11.8 Å². The second-order valence-electron chi connectivity index (χ2n) is 4.41. The molecule has 2 unspecified atom stereocenters. The maximum Gasteiger partial charge on any atom is 0.409 e. The molecule has 0 aromatic heterocycles. The van der Waals surface area contributed by atoms with Gasteiger partial charge in [0.2, 0.25) is 0 Å². The van der Waals surface area contributed by atoms with Crippen LogP contribution in [0.4, 0.5) is 4.79 Å². The highest BCUT2D eigenvalue weighted by molar-refractivity contribution is 5.67. The number of nitrogens with zero attached hydrogens (tertiary/aromatic N) is 2. The first-order valence-corrected chi connectivity index (χ1v) is 5.99. The molecule has 5 heteroatoms. The minimum atomic E-state index is -0.312. The zero-order valence-electron chi connectivity index (χ0n) is 10.5. The van der Waals surface area contributed by atoms with E-state index in [0.29, 0.717) is 38.6 Å². The van der Waals surface area contributed by atoms with Crippen LogP contribution in [0.5, 0.6) is 0 Å². The molecular formula is C12H20N2O3. The minimum absolute atomic E-state index is 0.0738. The van der Waals surface area contributed by atoms with Crippen LogP contribution >= 0.6 is 0 Å². The van der Waals surface area contributed by atoms with E-state index >= 15 is 0 Å². The van der Waals surface area contributed by atoms with Gasteiger partial charge in [-0.15, -0.1) is 0 Å². The van der Waals surface area contributed by atoms with Gasteiger partial charge in [-0.3, -0.25) is 0 Å². The van der Waals surface area contributed by atoms with E-state index in [4.69, 9.17) is 14.7 Å². The molecule has 1 fully saturated rings. The first kappa shape index (κ1) is 13.8. The van der Waals surface area contributed by atoms with Gasteiger partial charge in [-0.2, -0.15) is 5.26 Å². The molecule has 0 aliphatic carbocycles. The van der Waals surface area contributed by atoms with E-state index in [0.717, 1.165) is 6.42 Å². The average molecular weight is 240 g/mol. The summed E-state index contributed by atoms with van der Waals surface area (Å²) in [7, 11) is 1.62. The molecule has 0 saturated carbocycles. The average Bonchev–Trinajstić information content (AvgIpc) is 2.35. The van der Waals surface area contributed by atoms with E-state index in [1.807, 2.05) is 0 Å². The molecule has 2 atom stereocenters. The number of rotatable bonds is 4. The topological polar surface area (TPSA) is 62.6 Å². The van der Waals surface area contributed by atoms with E-state index in [9.17, 15) is 4.79 Å². The minimum Gasteiger partial charge on any atom is -0.449 e. The van der Waals surface area contributed by atoms with Crippen molar-refractivity contribution in [2.45, 2.75) is 19.8 Å². The van der Waals surface area contributed by atoms with E-state index in [-0.39, 0.29) is 12.0 Å². The van der Waals surface area contributed by atoms with Crippen molar-refractivity contribution in [2.75, 3.05) is 33.4 Å². The van der Waals surface area contributed by atoms with Crippen LogP contribution in [0.2, 0.25) is 0 Å². The summed E-state index contributed by atoms with van der Waals surface area (Å²) < 4.78 is 9.98. The lowest BCUT2D eigenvalue weighted by Crippen LogP contribution is -2.43. The van der Waals surface area contributed by atoms with Crippen LogP contribution in [0.3, 0.4) is 0 Å². The quantitative estimate of drug-likeness (QED) is 0.701. The van der Waals surface area contributed by atoms with Gasteiger partial charge in [0.15, 0.2) is 0 Å². The SMILES string of the molecule is COCCCOC(=O)N1CCC(C)C(C#N)C1. The van der Waals surface area contributed by atoms with E-state index in [2.05, 4.69) is 13.0 Å². The predicted octanol–water partition coefficient (Wildman–Crippen LogP) is 1.64. The molecule has 0 N–H and O–H groups in total. The fraction of sp³-hybridized carbons (Fsp3) is 0.833. The number of ether oxygens (including phenoxy) is 2. The van der Waals surface area contributed by atoms with Crippen LogP contribution in [0.25, 0.3) is 0 Å². The molecule has 1 heterocycles. The van der Waals surface area contributed by atoms with Crippen molar-refractivity contribution in [3.8, 4) is 6.07 Å². The Balaban J connectivity index is 2.30. The van der Waals surface area contributed by atoms with Gasteiger partial charge in [0.25, 0.3) is 0 Å². The Morgan fingerprint density at radius 2 is 2.29 bits per heavy atom. The molecular weight excluding hydrogens is 220 g/mol. The Morgan fingerprint density at radius 1 is 1.53 bits per heavy atom. The standard InChI is InChI=1S/C12H20N2O3/c1-10-4-5-14(9-11(10)8-13)12(15)17-7-3-6-16-2/h10-11H,3-7,9H2,1-2H3. The number of carbonyl (C=O) groups is 1. The summed E-state index contributed by atoms with van der Waals surface area (Å²) in [4.78, 5) is 13.3.